The molecule has 5 atom stereocenters. The average Bonchev–Trinajstić information content (AvgIpc) is 3.06. The maximum absolute atomic E-state index is 13.6. The van der Waals surface area contributed by atoms with Crippen LogP contribution < -0.4 is 0 Å². The van der Waals surface area contributed by atoms with Crippen LogP contribution in [-0.4, -0.2) is 73.2 Å². The van der Waals surface area contributed by atoms with Crippen LogP contribution in [0.3, 0.4) is 0 Å². The van der Waals surface area contributed by atoms with Gasteiger partial charge in [0.15, 0.2) is 20.5 Å². The van der Waals surface area contributed by atoms with E-state index in [4.69, 9.17) is 68.3 Å². The third kappa shape index (κ3) is 10.1. The quantitative estimate of drug-likeness (QED) is 0.0552. The van der Waals surface area contributed by atoms with E-state index in [0.29, 0.717) is 0 Å². The smallest absolute Gasteiger partial charge is 0.338 e. The van der Waals surface area contributed by atoms with Gasteiger partial charge in [0.2, 0.25) is 18.3 Å². The number of benzene rings is 3. The Bertz CT molecular complexity index is 1600. The van der Waals surface area contributed by atoms with Crippen molar-refractivity contribution in [2.45, 2.75) is 73.4 Å². The molecule has 1 N–H and O–H groups in total. The Morgan fingerprint density at radius 1 is 0.673 bits per heavy atom. The van der Waals surface area contributed by atoms with Gasteiger partial charge in [0, 0.05) is 0 Å². The average molecular weight is 751 g/mol. The molecule has 0 amide bonds. The Morgan fingerprint density at radius 2 is 1.06 bits per heavy atom. The third-order valence-electron chi connectivity index (χ3n) is 8.26. The summed E-state index contributed by atoms with van der Waals surface area (Å²) in [6.45, 7) is 10.0. The van der Waals surface area contributed by atoms with Crippen molar-refractivity contribution in [3.8, 4) is 0 Å². The maximum Gasteiger partial charge on any atom is 0.338 e. The molecule has 0 spiro atoms. The zero-order chi connectivity index (χ0) is 36.0. The van der Waals surface area contributed by atoms with Gasteiger partial charge < -0.3 is 28.1 Å². The van der Waals surface area contributed by atoms with E-state index in [1.165, 1.54) is 24.3 Å². The predicted octanol–water partition coefficient (Wildman–Crippen LogP) is 7.77. The normalized spacial score (nSPS) is 21.3. The van der Waals surface area contributed by atoms with Gasteiger partial charge in [-0.1, -0.05) is 110 Å². The van der Waals surface area contributed by atoms with Gasteiger partial charge in [-0.3, -0.25) is 5.41 Å². The zero-order valence-corrected chi connectivity index (χ0v) is 30.8. The highest BCUT2D eigenvalue weighted by molar-refractivity contribution is 6.76. The van der Waals surface area contributed by atoms with Crippen LogP contribution in [0.2, 0.25) is 18.1 Å². The molecule has 49 heavy (non-hydrogen) atoms. The Kier molecular flexibility index (Phi) is 12.6. The van der Waals surface area contributed by atoms with Crippen LogP contribution in [0.25, 0.3) is 0 Å². The molecular formula is C35H38Cl3NO9Si. The molecule has 1 fully saturated rings. The van der Waals surface area contributed by atoms with Crippen LogP contribution in [0.5, 0.6) is 0 Å². The summed E-state index contributed by atoms with van der Waals surface area (Å²) >= 11 is 17.9. The van der Waals surface area contributed by atoms with Crippen LogP contribution in [-0.2, 0) is 28.1 Å². The lowest BCUT2D eigenvalue weighted by atomic mass is 9.97. The molecule has 262 valence electrons. The number of alkyl halides is 3. The molecule has 0 aliphatic carbocycles. The number of carbonyl (C=O) groups excluding carboxylic acids is 3. The third-order valence-corrected chi connectivity index (χ3v) is 13.3. The second-order valence-corrected chi connectivity index (χ2v) is 19.9. The van der Waals surface area contributed by atoms with Gasteiger partial charge in [0.05, 0.1) is 23.3 Å². The van der Waals surface area contributed by atoms with Crippen LogP contribution in [0.4, 0.5) is 0 Å². The van der Waals surface area contributed by atoms with E-state index >= 15 is 0 Å². The first kappa shape index (κ1) is 38.4. The molecule has 1 aliphatic heterocycles. The van der Waals surface area contributed by atoms with Gasteiger partial charge in [-0.05, 0) is 54.5 Å². The molecule has 1 saturated heterocycles. The summed E-state index contributed by atoms with van der Waals surface area (Å²) in [4.78, 5) is 40.7. The Hall–Kier alpha value is -3.45. The first-order valence-corrected chi connectivity index (χ1v) is 19.4. The molecule has 0 bridgehead atoms. The summed E-state index contributed by atoms with van der Waals surface area (Å²) in [5.74, 6) is -3.31. The van der Waals surface area contributed by atoms with Gasteiger partial charge in [0.1, 0.15) is 6.10 Å². The molecule has 10 nitrogen and oxygen atoms in total. The maximum atomic E-state index is 13.6. The molecule has 4 rings (SSSR count). The molecule has 1 aliphatic rings. The number of carbonyl (C=O) groups is 3. The molecule has 0 aromatic heterocycles. The van der Waals surface area contributed by atoms with E-state index in [0.717, 1.165) is 0 Å². The Balaban J connectivity index is 1.84. The van der Waals surface area contributed by atoms with Crippen molar-refractivity contribution in [1.29, 1.82) is 5.41 Å². The van der Waals surface area contributed by atoms with E-state index in [9.17, 15) is 14.4 Å². The minimum Gasteiger partial charge on any atom is -0.452 e. The van der Waals surface area contributed by atoms with Crippen molar-refractivity contribution in [1.82, 2.24) is 0 Å². The Labute approximate surface area is 301 Å². The van der Waals surface area contributed by atoms with Crippen molar-refractivity contribution in [2.24, 2.45) is 0 Å². The molecule has 1 heterocycles. The number of hydrogen-bond donors (Lipinski definition) is 1. The summed E-state index contributed by atoms with van der Waals surface area (Å²) in [7, 11) is -2.46. The predicted molar refractivity (Wildman–Crippen MR) is 188 cm³/mol. The molecule has 3 aromatic carbocycles. The van der Waals surface area contributed by atoms with Gasteiger partial charge in [-0.15, -0.1) is 0 Å². The fourth-order valence-corrected chi connectivity index (χ4v) is 5.64. The van der Waals surface area contributed by atoms with Gasteiger partial charge >= 0.3 is 17.9 Å². The van der Waals surface area contributed by atoms with E-state index in [-0.39, 0.29) is 28.3 Å². The molecule has 0 radical (unpaired) electrons. The van der Waals surface area contributed by atoms with Crippen LogP contribution in [0, 0.1) is 5.41 Å². The molecule has 0 saturated carbocycles. The first-order chi connectivity index (χ1) is 23.0. The van der Waals surface area contributed by atoms with Crippen LogP contribution in [0.1, 0.15) is 51.8 Å². The highest BCUT2D eigenvalue weighted by atomic mass is 35.6. The monoisotopic (exact) mass is 749 g/mol. The minimum absolute atomic E-state index is 0.145. The minimum atomic E-state index is -2.46. The lowest BCUT2D eigenvalue weighted by molar-refractivity contribution is -0.278. The second kappa shape index (κ2) is 16.1. The Morgan fingerprint density at radius 3 is 1.45 bits per heavy atom. The van der Waals surface area contributed by atoms with Crippen LogP contribution >= 0.6 is 34.8 Å². The van der Waals surface area contributed by atoms with Crippen molar-refractivity contribution >= 4 is 66.9 Å². The second-order valence-electron chi connectivity index (χ2n) is 12.8. The first-order valence-electron chi connectivity index (χ1n) is 15.4. The fraction of sp³-hybridized carbons (Fsp3) is 0.371. The van der Waals surface area contributed by atoms with E-state index in [2.05, 4.69) is 0 Å². The standard InChI is InChI=1S/C35H38Cl3NO9Si/c1-34(2,3)49(4,5)43-21-25-26(45-29(40)22-15-9-6-10-16-22)27(46-30(41)23-17-11-7-12-18-23)28(32(44-25)48-33(39)35(36,37)38)47-31(42)24-19-13-8-14-20-24/h6-20,25-28,32,39H,21H2,1-5H3/t25-,26+,27+,28-,32-/m1/s1. The van der Waals surface area contributed by atoms with Crippen molar-refractivity contribution in [3.05, 3.63) is 108 Å². The highest BCUT2D eigenvalue weighted by Crippen LogP contribution is 2.39. The van der Waals surface area contributed by atoms with Crippen molar-refractivity contribution in [3.63, 3.8) is 0 Å². The topological polar surface area (TPSA) is 130 Å². The van der Waals surface area contributed by atoms with Gasteiger partial charge in [-0.2, -0.15) is 0 Å². The lowest BCUT2D eigenvalue weighted by Gasteiger charge is -2.45. The summed E-state index contributed by atoms with van der Waals surface area (Å²) in [6.07, 6.45) is -7.51. The molecule has 0 unspecified atom stereocenters. The zero-order valence-electron chi connectivity index (χ0n) is 27.6. The van der Waals surface area contributed by atoms with Gasteiger partial charge in [-0.25, -0.2) is 14.4 Å². The highest BCUT2D eigenvalue weighted by Gasteiger charge is 2.55. The van der Waals surface area contributed by atoms with E-state index < -0.39 is 66.6 Å². The molecular weight excluding hydrogens is 713 g/mol. The lowest BCUT2D eigenvalue weighted by Crippen LogP contribution is -2.64. The van der Waals surface area contributed by atoms with Crippen molar-refractivity contribution in [2.75, 3.05) is 6.61 Å². The van der Waals surface area contributed by atoms with Crippen LogP contribution in [0.15, 0.2) is 91.0 Å². The number of nitrogens with one attached hydrogen (secondary N) is 1. The summed E-state index contributed by atoms with van der Waals surface area (Å²) in [6, 6.07) is 24.2. The fourth-order valence-electron chi connectivity index (χ4n) is 4.50. The summed E-state index contributed by atoms with van der Waals surface area (Å²) in [5, 5.41) is 8.10. The number of halogens is 3. The SMILES string of the molecule is CC(C)(C)[Si](C)(C)OC[C@H]1O[C@H](OC(=N)C(Cl)(Cl)Cl)[C@H](OC(=O)c2ccccc2)[C@@H](OC(=O)c2ccccc2)[C@H]1OC(=O)c1ccccc1. The molecule has 14 heteroatoms. The molecule has 3 aromatic rings. The number of esters is 3. The van der Waals surface area contributed by atoms with E-state index in [1.807, 2.05) is 33.9 Å². The number of rotatable bonds is 10. The van der Waals surface area contributed by atoms with Crippen molar-refractivity contribution < 1.29 is 42.5 Å². The van der Waals surface area contributed by atoms with E-state index in [1.54, 1.807) is 66.7 Å². The van der Waals surface area contributed by atoms with Gasteiger partial charge in [0.25, 0.3) is 3.79 Å². The summed E-state index contributed by atoms with van der Waals surface area (Å²) < 4.78 is 34.1. The summed E-state index contributed by atoms with van der Waals surface area (Å²) in [5.41, 5.74) is 0.511. The number of ether oxygens (including phenoxy) is 5. The number of hydrogen-bond acceptors (Lipinski definition) is 10. The largest absolute Gasteiger partial charge is 0.452 e.